The Morgan fingerprint density at radius 2 is 1.13 bits per heavy atom. The molecule has 1 nitrogen and oxygen atoms in total. The van der Waals surface area contributed by atoms with Crippen molar-refractivity contribution in [2.24, 2.45) is 17.8 Å². The van der Waals surface area contributed by atoms with Gasteiger partial charge in [-0.1, -0.05) is 0 Å². The number of ketones is 1. The van der Waals surface area contributed by atoms with Gasteiger partial charge in [0.1, 0.15) is 0 Å². The zero-order valence-electron chi connectivity index (χ0n) is 17.5. The maximum atomic E-state index is 13.5. The monoisotopic (exact) mass is 456 g/mol. The van der Waals surface area contributed by atoms with Gasteiger partial charge >= 0.3 is 183 Å². The van der Waals surface area contributed by atoms with Gasteiger partial charge in [0.2, 0.25) is 0 Å². The van der Waals surface area contributed by atoms with Crippen LogP contribution in [0.15, 0.2) is 91.0 Å². The van der Waals surface area contributed by atoms with Crippen LogP contribution < -0.4 is 13.2 Å². The topological polar surface area (TPSA) is 17.1 Å². The first kappa shape index (κ1) is 19.8. The molecule has 0 radical (unpaired) electrons. The first-order valence-electron chi connectivity index (χ1n) is 11.5. The van der Waals surface area contributed by atoms with Crippen LogP contribution in [-0.2, 0) is 4.79 Å². The van der Waals surface area contributed by atoms with Gasteiger partial charge in [-0.25, -0.2) is 0 Å². The van der Waals surface area contributed by atoms with E-state index in [1.807, 2.05) is 0 Å². The Labute approximate surface area is 182 Å². The average Bonchev–Trinajstić information content (AvgIpc) is 3.14. The number of carbonyl (C=O) groups excluding carboxylic acids is 1. The van der Waals surface area contributed by atoms with Crippen LogP contribution >= 0.6 is 0 Å². The van der Waals surface area contributed by atoms with E-state index >= 15 is 0 Å². The SMILES string of the molecule is O=C1C([CH2][Ge]([c]2ccccc2)([c]2ccccc2)[c]2ccccc2)C[C@@H]2CCCC[C@H]12. The summed E-state index contributed by atoms with van der Waals surface area (Å²) in [7, 11) is 0. The second-order valence-electron chi connectivity index (χ2n) is 9.19. The van der Waals surface area contributed by atoms with Crippen LogP contribution in [0.4, 0.5) is 0 Å². The zero-order valence-corrected chi connectivity index (χ0v) is 19.6. The van der Waals surface area contributed by atoms with Gasteiger partial charge in [0, 0.05) is 0 Å². The molecule has 0 N–H and O–H groups in total. The van der Waals surface area contributed by atoms with Gasteiger partial charge < -0.3 is 0 Å². The molecule has 0 bridgehead atoms. The quantitative estimate of drug-likeness (QED) is 0.517. The molecule has 152 valence electrons. The first-order chi connectivity index (χ1) is 14.8. The van der Waals surface area contributed by atoms with Crippen molar-refractivity contribution in [3.8, 4) is 0 Å². The summed E-state index contributed by atoms with van der Waals surface area (Å²) >= 11 is -3.02. The Morgan fingerprint density at radius 3 is 1.60 bits per heavy atom. The summed E-state index contributed by atoms with van der Waals surface area (Å²) in [5.74, 6) is 1.78. The van der Waals surface area contributed by atoms with E-state index < -0.39 is 13.3 Å². The number of hydrogen-bond acceptors (Lipinski definition) is 1. The van der Waals surface area contributed by atoms with Crippen molar-refractivity contribution in [1.29, 1.82) is 0 Å². The summed E-state index contributed by atoms with van der Waals surface area (Å²) in [6.45, 7) is 0. The second-order valence-corrected chi connectivity index (χ2v) is 17.5. The average molecular weight is 455 g/mol. The molecule has 3 atom stereocenters. The normalized spacial score (nSPS) is 23.9. The van der Waals surface area contributed by atoms with Crippen molar-refractivity contribution in [3.63, 3.8) is 0 Å². The van der Waals surface area contributed by atoms with Crippen molar-refractivity contribution in [2.45, 2.75) is 37.4 Å². The summed E-state index contributed by atoms with van der Waals surface area (Å²) in [5.41, 5.74) is 0. The Morgan fingerprint density at radius 1 is 0.667 bits per heavy atom. The molecular formula is C28H30GeO. The van der Waals surface area contributed by atoms with Crippen molar-refractivity contribution < 1.29 is 4.79 Å². The fourth-order valence-corrected chi connectivity index (χ4v) is 16.9. The molecule has 30 heavy (non-hydrogen) atoms. The van der Waals surface area contributed by atoms with E-state index in [1.54, 1.807) is 0 Å². The first-order valence-corrected chi connectivity index (χ1v) is 16.1. The van der Waals surface area contributed by atoms with E-state index in [0.29, 0.717) is 17.6 Å². The van der Waals surface area contributed by atoms with Crippen LogP contribution in [0.5, 0.6) is 0 Å². The summed E-state index contributed by atoms with van der Waals surface area (Å²) in [6, 6.07) is 33.4. The second kappa shape index (κ2) is 8.55. The van der Waals surface area contributed by atoms with E-state index in [0.717, 1.165) is 18.1 Å². The molecule has 2 saturated carbocycles. The number of carbonyl (C=O) groups is 1. The molecule has 1 unspecified atom stereocenters. The predicted molar refractivity (Wildman–Crippen MR) is 127 cm³/mol. The van der Waals surface area contributed by atoms with Crippen molar-refractivity contribution in [1.82, 2.24) is 0 Å². The molecule has 0 aromatic heterocycles. The summed E-state index contributed by atoms with van der Waals surface area (Å²) in [5, 5.41) is 1.05. The maximum absolute atomic E-state index is 13.5. The van der Waals surface area contributed by atoms with E-state index in [4.69, 9.17) is 0 Å². The molecule has 0 aliphatic heterocycles. The number of fused-ring (bicyclic) bond motifs is 1. The number of hydrogen-bond donors (Lipinski definition) is 0. The van der Waals surface area contributed by atoms with Crippen molar-refractivity contribution in [2.75, 3.05) is 0 Å². The third kappa shape index (κ3) is 3.47. The third-order valence-electron chi connectivity index (χ3n) is 7.62. The van der Waals surface area contributed by atoms with Gasteiger partial charge in [0.15, 0.2) is 0 Å². The van der Waals surface area contributed by atoms with Crippen LogP contribution in [0.1, 0.15) is 32.1 Å². The molecule has 3 aromatic rings. The standard InChI is InChI=1S/C28H30GeO/c30-28-23(20-22-12-10-11-19-27(22)28)21-29(24-13-4-1-5-14-24,25-15-6-2-7-16-25)26-17-8-3-9-18-26/h1-9,13-18,22-23,27H,10-12,19-21H2/t22-,23?,27-/m0/s1. The summed E-state index contributed by atoms with van der Waals surface area (Å²) in [4.78, 5) is 13.5. The van der Waals surface area contributed by atoms with Crippen LogP contribution in [0.3, 0.4) is 0 Å². The molecule has 0 amide bonds. The molecule has 5 rings (SSSR count). The molecule has 2 heteroatoms. The Kier molecular flexibility index (Phi) is 5.65. The van der Waals surface area contributed by atoms with Crippen LogP contribution in [0.2, 0.25) is 5.25 Å². The van der Waals surface area contributed by atoms with Crippen molar-refractivity contribution >= 4 is 32.2 Å². The van der Waals surface area contributed by atoms with E-state index in [1.165, 1.54) is 32.5 Å². The van der Waals surface area contributed by atoms with E-state index in [-0.39, 0.29) is 5.92 Å². The molecule has 2 aliphatic rings. The minimum atomic E-state index is -3.02. The molecule has 0 spiro atoms. The summed E-state index contributed by atoms with van der Waals surface area (Å²) < 4.78 is 4.41. The molecule has 0 heterocycles. The number of benzene rings is 3. The van der Waals surface area contributed by atoms with Crippen LogP contribution in [-0.4, -0.2) is 19.0 Å². The molecule has 2 aliphatic carbocycles. The Hall–Kier alpha value is -2.13. The van der Waals surface area contributed by atoms with Gasteiger partial charge in [0.05, 0.1) is 0 Å². The van der Waals surface area contributed by atoms with E-state index in [9.17, 15) is 4.79 Å². The molecule has 0 saturated heterocycles. The third-order valence-corrected chi connectivity index (χ3v) is 18.2. The van der Waals surface area contributed by atoms with Gasteiger partial charge in [-0.2, -0.15) is 0 Å². The van der Waals surface area contributed by atoms with Crippen LogP contribution in [0, 0.1) is 17.8 Å². The fraction of sp³-hybridized carbons (Fsp3) is 0.321. The summed E-state index contributed by atoms with van der Waals surface area (Å²) in [6.07, 6.45) is 6.05. The Bertz CT molecular complexity index is 886. The Balaban J connectivity index is 1.65. The number of Topliss-reactive ketones (excluding diaryl/α,β-unsaturated/α-hetero) is 1. The molecular weight excluding hydrogens is 425 g/mol. The van der Waals surface area contributed by atoms with Gasteiger partial charge in [-0.15, -0.1) is 0 Å². The van der Waals surface area contributed by atoms with E-state index in [2.05, 4.69) is 91.0 Å². The molecule has 2 fully saturated rings. The van der Waals surface area contributed by atoms with Gasteiger partial charge in [0.25, 0.3) is 0 Å². The molecule has 3 aromatic carbocycles. The van der Waals surface area contributed by atoms with Crippen LogP contribution in [0.25, 0.3) is 0 Å². The van der Waals surface area contributed by atoms with Gasteiger partial charge in [-0.3, -0.25) is 0 Å². The van der Waals surface area contributed by atoms with Gasteiger partial charge in [-0.05, 0) is 0 Å². The minimum absolute atomic E-state index is 0.221. The zero-order chi connectivity index (χ0) is 20.4. The predicted octanol–water partition coefficient (Wildman–Crippen LogP) is 4.55. The van der Waals surface area contributed by atoms with Crippen molar-refractivity contribution in [3.05, 3.63) is 91.0 Å². The number of rotatable bonds is 5. The fourth-order valence-electron chi connectivity index (χ4n) is 6.22.